The van der Waals surface area contributed by atoms with Crippen molar-refractivity contribution >= 4 is 32.2 Å². The highest BCUT2D eigenvalue weighted by Crippen LogP contribution is 2.34. The summed E-state index contributed by atoms with van der Waals surface area (Å²) in [7, 11) is -3.32. The molecule has 1 aliphatic heterocycles. The topological polar surface area (TPSA) is 79.5 Å². The first-order valence-corrected chi connectivity index (χ1v) is 8.52. The molecule has 1 aromatic rings. The average molecular weight is 290 g/mol. The summed E-state index contributed by atoms with van der Waals surface area (Å²) in [4.78, 5) is 4.59. The number of hydrogen-bond acceptors (Lipinski definition) is 7. The Morgan fingerprint density at radius 2 is 1.94 bits per heavy atom. The van der Waals surface area contributed by atoms with Crippen LogP contribution in [0.1, 0.15) is 6.92 Å². The molecule has 0 amide bonds. The minimum atomic E-state index is -3.32. The first kappa shape index (κ1) is 13.6. The van der Waals surface area contributed by atoms with Crippen LogP contribution >= 0.6 is 11.5 Å². The number of nitrogen functional groups attached to an aromatic ring is 1. The van der Waals surface area contributed by atoms with Gasteiger partial charge < -0.3 is 15.5 Å². The molecule has 0 unspecified atom stereocenters. The van der Waals surface area contributed by atoms with E-state index in [2.05, 4.69) is 21.1 Å². The number of nitrogens with two attached hydrogens (primary N) is 1. The van der Waals surface area contributed by atoms with E-state index in [0.29, 0.717) is 5.00 Å². The first-order valence-electron chi connectivity index (χ1n) is 5.86. The van der Waals surface area contributed by atoms with Gasteiger partial charge in [-0.2, -0.15) is 4.37 Å². The minimum Gasteiger partial charge on any atom is -0.382 e. The molecule has 2 N–H and O–H groups in total. The summed E-state index contributed by atoms with van der Waals surface area (Å²) >= 11 is 1.17. The molecule has 2 rings (SSSR count). The molecule has 0 aromatic carbocycles. The van der Waals surface area contributed by atoms with Crippen LogP contribution in [0.2, 0.25) is 0 Å². The van der Waals surface area contributed by atoms with E-state index in [1.807, 2.05) is 0 Å². The SMILES string of the molecule is CCN1CCN(c2snc(N)c2S(C)(=O)=O)CC1. The maximum atomic E-state index is 11.7. The van der Waals surface area contributed by atoms with Crippen molar-refractivity contribution in [3.8, 4) is 0 Å². The zero-order chi connectivity index (χ0) is 13.3. The van der Waals surface area contributed by atoms with Gasteiger partial charge in [0.05, 0.1) is 0 Å². The van der Waals surface area contributed by atoms with E-state index in [0.717, 1.165) is 32.7 Å². The molecule has 0 radical (unpaired) electrons. The molecule has 1 saturated heterocycles. The Kier molecular flexibility index (Phi) is 3.79. The van der Waals surface area contributed by atoms with Gasteiger partial charge in [-0.1, -0.05) is 6.92 Å². The number of sulfone groups is 1. The third-order valence-corrected chi connectivity index (χ3v) is 5.33. The van der Waals surface area contributed by atoms with Crippen LogP contribution in [0, 0.1) is 0 Å². The van der Waals surface area contributed by atoms with Gasteiger partial charge in [0.25, 0.3) is 0 Å². The molecule has 18 heavy (non-hydrogen) atoms. The second kappa shape index (κ2) is 5.02. The maximum Gasteiger partial charge on any atom is 0.182 e. The van der Waals surface area contributed by atoms with Gasteiger partial charge in [0, 0.05) is 32.4 Å². The Balaban J connectivity index is 2.25. The van der Waals surface area contributed by atoms with Crippen molar-refractivity contribution in [1.29, 1.82) is 0 Å². The largest absolute Gasteiger partial charge is 0.382 e. The zero-order valence-corrected chi connectivity index (χ0v) is 12.2. The molecule has 102 valence electrons. The van der Waals surface area contributed by atoms with Gasteiger partial charge in [-0.3, -0.25) is 0 Å². The van der Waals surface area contributed by atoms with Crippen LogP contribution in [0.5, 0.6) is 0 Å². The Hall–Kier alpha value is -0.860. The number of aromatic nitrogens is 1. The van der Waals surface area contributed by atoms with Crippen LogP contribution in [0.4, 0.5) is 10.8 Å². The third-order valence-electron chi connectivity index (χ3n) is 3.13. The molecule has 2 heterocycles. The van der Waals surface area contributed by atoms with Gasteiger partial charge in [-0.25, -0.2) is 8.42 Å². The van der Waals surface area contributed by atoms with E-state index >= 15 is 0 Å². The van der Waals surface area contributed by atoms with Gasteiger partial charge in [0.2, 0.25) is 0 Å². The number of anilines is 2. The highest BCUT2D eigenvalue weighted by Gasteiger charge is 2.27. The van der Waals surface area contributed by atoms with Crippen molar-refractivity contribution in [2.45, 2.75) is 11.8 Å². The quantitative estimate of drug-likeness (QED) is 0.861. The smallest absolute Gasteiger partial charge is 0.182 e. The van der Waals surface area contributed by atoms with E-state index < -0.39 is 9.84 Å². The van der Waals surface area contributed by atoms with Gasteiger partial charge in [0.1, 0.15) is 9.90 Å². The summed E-state index contributed by atoms with van der Waals surface area (Å²) in [6, 6.07) is 0. The predicted molar refractivity (Wildman–Crippen MR) is 74.0 cm³/mol. The van der Waals surface area contributed by atoms with Crippen molar-refractivity contribution < 1.29 is 8.42 Å². The predicted octanol–water partition coefficient (Wildman–Crippen LogP) is 0.271. The minimum absolute atomic E-state index is 0.121. The fourth-order valence-corrected chi connectivity index (χ4v) is 4.36. The normalized spacial score (nSPS) is 18.2. The molecular formula is C10H18N4O2S2. The highest BCUT2D eigenvalue weighted by molar-refractivity contribution is 7.91. The average Bonchev–Trinajstić information content (AvgIpc) is 2.71. The van der Waals surface area contributed by atoms with Crippen molar-refractivity contribution in [3.63, 3.8) is 0 Å². The molecular weight excluding hydrogens is 272 g/mol. The number of rotatable bonds is 3. The Morgan fingerprint density at radius 1 is 1.33 bits per heavy atom. The van der Waals surface area contributed by atoms with Crippen molar-refractivity contribution in [2.75, 3.05) is 49.6 Å². The van der Waals surface area contributed by atoms with Crippen molar-refractivity contribution in [1.82, 2.24) is 9.27 Å². The molecule has 1 fully saturated rings. The summed E-state index contributed by atoms with van der Waals surface area (Å²) in [5, 5.41) is 0.686. The first-order chi connectivity index (χ1) is 8.43. The van der Waals surface area contributed by atoms with Crippen molar-refractivity contribution in [3.05, 3.63) is 0 Å². The molecule has 0 atom stereocenters. The van der Waals surface area contributed by atoms with E-state index in [9.17, 15) is 8.42 Å². The van der Waals surface area contributed by atoms with E-state index in [4.69, 9.17) is 5.73 Å². The number of nitrogens with zero attached hydrogens (tertiary/aromatic N) is 3. The molecule has 1 aliphatic rings. The molecule has 6 nitrogen and oxygen atoms in total. The van der Waals surface area contributed by atoms with Gasteiger partial charge in [0.15, 0.2) is 15.7 Å². The van der Waals surface area contributed by atoms with Crippen LogP contribution in [-0.4, -0.2) is 56.7 Å². The number of hydrogen-bond donors (Lipinski definition) is 1. The van der Waals surface area contributed by atoms with E-state index in [1.54, 1.807) is 0 Å². The lowest BCUT2D eigenvalue weighted by Gasteiger charge is -2.34. The third kappa shape index (κ3) is 2.60. The summed E-state index contributed by atoms with van der Waals surface area (Å²) < 4.78 is 27.5. The standard InChI is InChI=1S/C10H18N4O2S2/c1-3-13-4-6-14(7-5-13)10-8(18(2,15)16)9(11)12-17-10/h3-7H2,1-2H3,(H2,11,12). The van der Waals surface area contributed by atoms with Crippen LogP contribution in [0.25, 0.3) is 0 Å². The molecule has 0 aliphatic carbocycles. The second-order valence-corrected chi connectivity index (χ2v) is 7.10. The summed E-state index contributed by atoms with van der Waals surface area (Å²) in [6.45, 7) is 6.67. The maximum absolute atomic E-state index is 11.7. The summed E-state index contributed by atoms with van der Waals surface area (Å²) in [5.41, 5.74) is 5.67. The van der Waals surface area contributed by atoms with E-state index in [1.165, 1.54) is 17.8 Å². The van der Waals surface area contributed by atoms with Crippen LogP contribution in [0.3, 0.4) is 0 Å². The molecule has 0 bridgehead atoms. The van der Waals surface area contributed by atoms with Crippen LogP contribution in [0.15, 0.2) is 4.90 Å². The molecule has 8 heteroatoms. The zero-order valence-electron chi connectivity index (χ0n) is 10.6. The monoisotopic (exact) mass is 290 g/mol. The Morgan fingerprint density at radius 3 is 2.44 bits per heavy atom. The van der Waals surface area contributed by atoms with Gasteiger partial charge in [-0.15, -0.1) is 0 Å². The Labute approximate surface area is 111 Å². The van der Waals surface area contributed by atoms with Gasteiger partial charge >= 0.3 is 0 Å². The number of piperazine rings is 1. The molecule has 0 saturated carbocycles. The lowest BCUT2D eigenvalue weighted by atomic mass is 10.3. The lowest BCUT2D eigenvalue weighted by Crippen LogP contribution is -2.46. The fraction of sp³-hybridized carbons (Fsp3) is 0.700. The molecule has 1 aromatic heterocycles. The fourth-order valence-electron chi connectivity index (χ4n) is 2.10. The number of likely N-dealkylation sites (N-methyl/N-ethyl adjacent to an activating group) is 1. The second-order valence-electron chi connectivity index (χ2n) is 4.40. The highest BCUT2D eigenvalue weighted by atomic mass is 32.2. The van der Waals surface area contributed by atoms with E-state index in [-0.39, 0.29) is 10.7 Å². The van der Waals surface area contributed by atoms with Crippen LogP contribution < -0.4 is 10.6 Å². The van der Waals surface area contributed by atoms with Crippen LogP contribution in [-0.2, 0) is 9.84 Å². The summed E-state index contributed by atoms with van der Waals surface area (Å²) in [6.07, 6.45) is 1.18. The summed E-state index contributed by atoms with van der Waals surface area (Å²) in [5.74, 6) is 0.121. The Bertz CT molecular complexity index is 518. The van der Waals surface area contributed by atoms with Gasteiger partial charge in [-0.05, 0) is 18.1 Å². The van der Waals surface area contributed by atoms with Crippen molar-refractivity contribution in [2.24, 2.45) is 0 Å². The molecule has 0 spiro atoms. The lowest BCUT2D eigenvalue weighted by molar-refractivity contribution is 0.271.